The number of carbonyl (C=O) groups excluding carboxylic acids is 1. The van der Waals surface area contributed by atoms with Gasteiger partial charge in [-0.15, -0.1) is 0 Å². The maximum atomic E-state index is 12.4. The Morgan fingerprint density at radius 2 is 1.80 bits per heavy atom. The monoisotopic (exact) mass is 380 g/mol. The highest BCUT2D eigenvalue weighted by Gasteiger charge is 2.23. The van der Waals surface area contributed by atoms with Crippen molar-refractivity contribution in [1.29, 1.82) is 0 Å². The molecule has 0 aliphatic heterocycles. The predicted octanol–water partition coefficient (Wildman–Crippen LogP) is 3.67. The van der Waals surface area contributed by atoms with Crippen LogP contribution in [0.4, 0.5) is 11.4 Å². The van der Waals surface area contributed by atoms with E-state index < -0.39 is 15.9 Å². The second-order valence-corrected chi connectivity index (χ2v) is 8.31. The van der Waals surface area contributed by atoms with E-state index in [-0.39, 0.29) is 6.54 Å². The highest BCUT2D eigenvalue weighted by molar-refractivity contribution is 7.92. The van der Waals surface area contributed by atoms with E-state index in [1.807, 2.05) is 26.0 Å². The molecule has 0 radical (unpaired) electrons. The number of sulfonamides is 1. The summed E-state index contributed by atoms with van der Waals surface area (Å²) < 4.78 is 25.4. The van der Waals surface area contributed by atoms with E-state index in [0.717, 1.165) is 21.7 Å². The van der Waals surface area contributed by atoms with E-state index in [9.17, 15) is 13.2 Å². The third-order valence-corrected chi connectivity index (χ3v) is 5.52. The van der Waals surface area contributed by atoms with Crippen molar-refractivity contribution in [2.75, 3.05) is 22.4 Å². The topological polar surface area (TPSA) is 66.5 Å². The quantitative estimate of drug-likeness (QED) is 0.860. The van der Waals surface area contributed by atoms with Crippen molar-refractivity contribution in [3.05, 3.63) is 58.1 Å². The molecule has 5 nitrogen and oxygen atoms in total. The van der Waals surface area contributed by atoms with Gasteiger partial charge in [-0.3, -0.25) is 9.10 Å². The largest absolute Gasteiger partial charge is 0.325 e. The van der Waals surface area contributed by atoms with Gasteiger partial charge in [0.25, 0.3) is 0 Å². The Bertz CT molecular complexity index is 911. The molecule has 1 N–H and O–H groups in total. The van der Waals surface area contributed by atoms with E-state index >= 15 is 0 Å². The summed E-state index contributed by atoms with van der Waals surface area (Å²) in [6, 6.07) is 10.5. The van der Waals surface area contributed by atoms with E-state index in [2.05, 4.69) is 5.32 Å². The lowest BCUT2D eigenvalue weighted by Gasteiger charge is -2.24. The second kappa shape index (κ2) is 7.45. The minimum atomic E-state index is -3.65. The highest BCUT2D eigenvalue weighted by atomic mass is 35.5. The Morgan fingerprint density at radius 1 is 1.12 bits per heavy atom. The summed E-state index contributed by atoms with van der Waals surface area (Å²) >= 11 is 6.08. The molecule has 0 aliphatic rings. The number of halogens is 1. The summed E-state index contributed by atoms with van der Waals surface area (Å²) in [5.74, 6) is -0.423. The van der Waals surface area contributed by atoms with Crippen LogP contribution in [0.3, 0.4) is 0 Å². The molecule has 0 aliphatic carbocycles. The summed E-state index contributed by atoms with van der Waals surface area (Å²) in [6.45, 7) is 5.32. The molecule has 0 aromatic heterocycles. The third-order valence-electron chi connectivity index (χ3n) is 3.99. The average Bonchev–Trinajstić information content (AvgIpc) is 2.51. The van der Waals surface area contributed by atoms with Gasteiger partial charge in [0.15, 0.2) is 0 Å². The number of aryl methyl sites for hydroxylation is 2. The molecule has 2 aromatic rings. The second-order valence-electron chi connectivity index (χ2n) is 6.00. The summed E-state index contributed by atoms with van der Waals surface area (Å²) in [5.41, 5.74) is 3.79. The molecule has 0 fully saturated rings. The predicted molar refractivity (Wildman–Crippen MR) is 103 cm³/mol. The SMILES string of the molecule is Cc1ccc(NC(=O)CN(c2cccc(Cl)c2C)S(C)(=O)=O)cc1C. The lowest BCUT2D eigenvalue weighted by atomic mass is 10.1. The molecule has 0 unspecified atom stereocenters. The number of hydrogen-bond acceptors (Lipinski definition) is 3. The number of carbonyl (C=O) groups is 1. The van der Waals surface area contributed by atoms with Gasteiger partial charge in [0.05, 0.1) is 11.9 Å². The zero-order valence-corrected chi connectivity index (χ0v) is 16.2. The molecule has 2 aromatic carbocycles. The molecule has 2 rings (SSSR count). The van der Waals surface area contributed by atoms with E-state index in [0.29, 0.717) is 22.0 Å². The zero-order valence-electron chi connectivity index (χ0n) is 14.6. The zero-order chi connectivity index (χ0) is 18.8. The van der Waals surface area contributed by atoms with Crippen LogP contribution >= 0.6 is 11.6 Å². The van der Waals surface area contributed by atoms with Gasteiger partial charge >= 0.3 is 0 Å². The third kappa shape index (κ3) is 4.74. The Labute approximate surface area is 153 Å². The number of benzene rings is 2. The van der Waals surface area contributed by atoms with E-state index in [4.69, 9.17) is 11.6 Å². The van der Waals surface area contributed by atoms with Crippen molar-refractivity contribution in [3.63, 3.8) is 0 Å². The lowest BCUT2D eigenvalue weighted by molar-refractivity contribution is -0.114. The van der Waals surface area contributed by atoms with Crippen LogP contribution in [0.5, 0.6) is 0 Å². The first-order chi connectivity index (χ1) is 11.6. The van der Waals surface area contributed by atoms with Crippen molar-refractivity contribution in [2.24, 2.45) is 0 Å². The van der Waals surface area contributed by atoms with Gasteiger partial charge in [0, 0.05) is 10.7 Å². The molecule has 0 bridgehead atoms. The normalized spacial score (nSPS) is 11.2. The molecule has 0 atom stereocenters. The molecule has 0 saturated carbocycles. The summed E-state index contributed by atoms with van der Waals surface area (Å²) in [6.07, 6.45) is 1.07. The van der Waals surface area contributed by atoms with Crippen LogP contribution in [0.15, 0.2) is 36.4 Å². The highest BCUT2D eigenvalue weighted by Crippen LogP contribution is 2.28. The van der Waals surface area contributed by atoms with Crippen molar-refractivity contribution in [3.8, 4) is 0 Å². The van der Waals surface area contributed by atoms with Crippen LogP contribution in [0.1, 0.15) is 16.7 Å². The number of amides is 1. The number of hydrogen-bond donors (Lipinski definition) is 1. The molecule has 134 valence electrons. The van der Waals surface area contributed by atoms with Crippen LogP contribution in [-0.2, 0) is 14.8 Å². The average molecular weight is 381 g/mol. The first kappa shape index (κ1) is 19.3. The van der Waals surface area contributed by atoms with Gasteiger partial charge in [0.1, 0.15) is 6.54 Å². The van der Waals surface area contributed by atoms with Gasteiger partial charge in [-0.2, -0.15) is 0 Å². The van der Waals surface area contributed by atoms with E-state index in [1.165, 1.54) is 0 Å². The Balaban J connectivity index is 2.27. The number of rotatable bonds is 5. The molecule has 7 heteroatoms. The summed E-state index contributed by atoms with van der Waals surface area (Å²) in [5, 5.41) is 3.18. The van der Waals surface area contributed by atoms with Gasteiger partial charge in [-0.25, -0.2) is 8.42 Å². The van der Waals surface area contributed by atoms with Crippen molar-refractivity contribution in [2.45, 2.75) is 20.8 Å². The van der Waals surface area contributed by atoms with E-state index in [1.54, 1.807) is 31.2 Å². The first-order valence-electron chi connectivity index (χ1n) is 7.69. The fourth-order valence-electron chi connectivity index (χ4n) is 2.40. The fraction of sp³-hybridized carbons (Fsp3) is 0.278. The smallest absolute Gasteiger partial charge is 0.245 e. The van der Waals surface area contributed by atoms with Crippen LogP contribution in [0.25, 0.3) is 0 Å². The standard InChI is InChI=1S/C18H21ClN2O3S/c1-12-8-9-15(10-13(12)2)20-18(22)11-21(25(4,23)24)17-7-5-6-16(19)14(17)3/h5-10H,11H2,1-4H3,(H,20,22). The van der Waals surface area contributed by atoms with Crippen LogP contribution in [0.2, 0.25) is 5.02 Å². The van der Waals surface area contributed by atoms with Gasteiger partial charge in [-0.1, -0.05) is 23.7 Å². The Kier molecular flexibility index (Phi) is 5.75. The molecular formula is C18H21ClN2O3S. The Hall–Kier alpha value is -2.05. The minimum absolute atomic E-state index is 0.326. The molecular weight excluding hydrogens is 360 g/mol. The van der Waals surface area contributed by atoms with Crippen LogP contribution < -0.4 is 9.62 Å². The van der Waals surface area contributed by atoms with Gasteiger partial charge < -0.3 is 5.32 Å². The fourth-order valence-corrected chi connectivity index (χ4v) is 3.47. The molecule has 0 saturated heterocycles. The minimum Gasteiger partial charge on any atom is -0.325 e. The Morgan fingerprint density at radius 3 is 2.40 bits per heavy atom. The summed E-state index contributed by atoms with van der Waals surface area (Å²) in [7, 11) is -3.65. The van der Waals surface area contributed by atoms with Crippen LogP contribution in [0, 0.1) is 20.8 Å². The number of anilines is 2. The molecule has 0 heterocycles. The molecule has 25 heavy (non-hydrogen) atoms. The molecule has 0 spiro atoms. The first-order valence-corrected chi connectivity index (χ1v) is 9.92. The van der Waals surface area contributed by atoms with Gasteiger partial charge in [-0.05, 0) is 61.7 Å². The number of nitrogens with zero attached hydrogens (tertiary/aromatic N) is 1. The number of nitrogens with one attached hydrogen (secondary N) is 1. The lowest BCUT2D eigenvalue weighted by Crippen LogP contribution is -2.37. The van der Waals surface area contributed by atoms with Crippen molar-refractivity contribution < 1.29 is 13.2 Å². The van der Waals surface area contributed by atoms with Crippen molar-refractivity contribution in [1.82, 2.24) is 0 Å². The van der Waals surface area contributed by atoms with Gasteiger partial charge in [0.2, 0.25) is 15.9 Å². The molecule has 1 amide bonds. The van der Waals surface area contributed by atoms with Crippen molar-refractivity contribution >= 4 is 38.9 Å². The maximum absolute atomic E-state index is 12.4. The maximum Gasteiger partial charge on any atom is 0.245 e. The van der Waals surface area contributed by atoms with Crippen LogP contribution in [-0.4, -0.2) is 27.1 Å². The summed E-state index contributed by atoms with van der Waals surface area (Å²) in [4.78, 5) is 12.4.